The summed E-state index contributed by atoms with van der Waals surface area (Å²) in [6, 6.07) is 6.65. The van der Waals surface area contributed by atoms with Gasteiger partial charge in [0.15, 0.2) is 11.5 Å². The number of nitrogens with zero attached hydrogens (tertiary/aromatic N) is 1. The predicted molar refractivity (Wildman–Crippen MR) is 87.7 cm³/mol. The van der Waals surface area contributed by atoms with Gasteiger partial charge in [-0.3, -0.25) is 0 Å². The average molecular weight is 317 g/mol. The number of carbonyl (C=O) groups is 1. The van der Waals surface area contributed by atoms with E-state index in [-0.39, 0.29) is 28.0 Å². The smallest absolute Gasteiger partial charge is 0.358 e. The second kappa shape index (κ2) is 5.72. The molecule has 5 nitrogen and oxygen atoms in total. The zero-order valence-corrected chi connectivity index (χ0v) is 14.2. The molecule has 1 aromatic carbocycles. The molecule has 124 valence electrons. The first-order valence-electron chi connectivity index (χ1n) is 7.53. The molecule has 5 heteroatoms. The van der Waals surface area contributed by atoms with Gasteiger partial charge in [0.05, 0.1) is 5.56 Å². The van der Waals surface area contributed by atoms with E-state index in [4.69, 9.17) is 9.63 Å². The van der Waals surface area contributed by atoms with Crippen molar-refractivity contribution < 1.29 is 19.5 Å². The van der Waals surface area contributed by atoms with E-state index in [9.17, 15) is 9.90 Å². The van der Waals surface area contributed by atoms with Crippen molar-refractivity contribution in [2.45, 2.75) is 46.5 Å². The molecule has 0 aliphatic rings. The lowest BCUT2D eigenvalue weighted by molar-refractivity contribution is 0.0686. The minimum absolute atomic E-state index is 0.0356. The van der Waals surface area contributed by atoms with Gasteiger partial charge in [0.2, 0.25) is 0 Å². The number of benzene rings is 1. The van der Waals surface area contributed by atoms with E-state index in [1.165, 1.54) is 6.07 Å². The lowest BCUT2D eigenvalue weighted by Gasteiger charge is -2.33. The summed E-state index contributed by atoms with van der Waals surface area (Å²) in [6.45, 7) is 10.9. The molecule has 0 spiro atoms. The molecule has 1 aromatic heterocycles. The molecule has 0 atom stereocenters. The summed E-state index contributed by atoms with van der Waals surface area (Å²) in [5.74, 6) is -0.884. The number of phenols is 1. The van der Waals surface area contributed by atoms with Crippen molar-refractivity contribution in [3.63, 3.8) is 0 Å². The van der Waals surface area contributed by atoms with Gasteiger partial charge in [0.1, 0.15) is 5.75 Å². The SMILES string of the molecule is CC(C)(C)CC(C)(C)c1ccc(O)c(-c2cc(C(=O)O)no2)c1. The van der Waals surface area contributed by atoms with Crippen LogP contribution in [0.3, 0.4) is 0 Å². The summed E-state index contributed by atoms with van der Waals surface area (Å²) in [7, 11) is 0. The Morgan fingerprint density at radius 1 is 1.17 bits per heavy atom. The Balaban J connectivity index is 2.44. The van der Waals surface area contributed by atoms with Gasteiger partial charge in [-0.15, -0.1) is 0 Å². The van der Waals surface area contributed by atoms with E-state index < -0.39 is 5.97 Å². The highest BCUT2D eigenvalue weighted by atomic mass is 16.5. The van der Waals surface area contributed by atoms with Gasteiger partial charge in [-0.05, 0) is 34.9 Å². The molecule has 0 saturated carbocycles. The summed E-state index contributed by atoms with van der Waals surface area (Å²) in [4.78, 5) is 10.9. The largest absolute Gasteiger partial charge is 0.507 e. The highest BCUT2D eigenvalue weighted by Crippen LogP contribution is 2.39. The summed E-state index contributed by atoms with van der Waals surface area (Å²) in [5, 5.41) is 22.5. The van der Waals surface area contributed by atoms with E-state index in [1.54, 1.807) is 6.07 Å². The number of carboxylic acid groups (broad SMARTS) is 1. The second-order valence-electron chi connectivity index (χ2n) is 7.73. The molecule has 2 N–H and O–H groups in total. The zero-order valence-electron chi connectivity index (χ0n) is 14.2. The molecule has 0 bridgehead atoms. The van der Waals surface area contributed by atoms with Crippen molar-refractivity contribution in [3.8, 4) is 17.1 Å². The van der Waals surface area contributed by atoms with Crippen LogP contribution in [0, 0.1) is 5.41 Å². The van der Waals surface area contributed by atoms with Crippen LogP contribution in [0.1, 0.15) is 57.1 Å². The molecule has 0 aliphatic heterocycles. The van der Waals surface area contributed by atoms with Crippen LogP contribution in [0.15, 0.2) is 28.8 Å². The fourth-order valence-electron chi connectivity index (χ4n) is 3.09. The van der Waals surface area contributed by atoms with Gasteiger partial charge in [-0.1, -0.05) is 45.8 Å². The maximum absolute atomic E-state index is 10.9. The van der Waals surface area contributed by atoms with Crippen molar-refractivity contribution in [2.75, 3.05) is 0 Å². The van der Waals surface area contributed by atoms with Crippen LogP contribution in [-0.2, 0) is 5.41 Å². The third-order valence-electron chi connectivity index (χ3n) is 3.75. The molecule has 0 amide bonds. The highest BCUT2D eigenvalue weighted by molar-refractivity contribution is 5.86. The Labute approximate surface area is 135 Å². The molecule has 0 unspecified atom stereocenters. The molecule has 0 fully saturated rings. The molecule has 2 rings (SSSR count). The van der Waals surface area contributed by atoms with Crippen LogP contribution < -0.4 is 0 Å². The Morgan fingerprint density at radius 3 is 2.35 bits per heavy atom. The number of carboxylic acids is 1. The number of rotatable bonds is 4. The summed E-state index contributed by atoms with van der Waals surface area (Å²) < 4.78 is 5.07. The van der Waals surface area contributed by atoms with Crippen LogP contribution in [-0.4, -0.2) is 21.3 Å². The molecular formula is C18H23NO4. The fourth-order valence-corrected chi connectivity index (χ4v) is 3.09. The molecule has 2 aromatic rings. The normalized spacial score (nSPS) is 12.4. The van der Waals surface area contributed by atoms with Crippen LogP contribution >= 0.6 is 0 Å². The number of aromatic carboxylic acids is 1. The molecule has 0 aliphatic carbocycles. The summed E-state index contributed by atoms with van der Waals surface area (Å²) >= 11 is 0. The first kappa shape index (κ1) is 17.1. The Kier molecular flexibility index (Phi) is 4.24. The molecule has 23 heavy (non-hydrogen) atoms. The summed E-state index contributed by atoms with van der Waals surface area (Å²) in [5.41, 5.74) is 1.37. The van der Waals surface area contributed by atoms with Gasteiger partial charge in [0.25, 0.3) is 0 Å². The predicted octanol–water partition coefficient (Wildman–Crippen LogP) is 4.46. The Hall–Kier alpha value is -2.30. The first-order valence-corrected chi connectivity index (χ1v) is 7.53. The molecule has 0 saturated heterocycles. The van der Waals surface area contributed by atoms with Gasteiger partial charge in [-0.2, -0.15) is 0 Å². The van der Waals surface area contributed by atoms with Crippen molar-refractivity contribution in [1.29, 1.82) is 0 Å². The monoisotopic (exact) mass is 317 g/mol. The average Bonchev–Trinajstić information content (AvgIpc) is 2.85. The molecule has 1 heterocycles. The van der Waals surface area contributed by atoms with Crippen LogP contribution in [0.25, 0.3) is 11.3 Å². The number of phenolic OH excluding ortho intramolecular Hbond substituents is 1. The van der Waals surface area contributed by atoms with E-state index in [1.807, 2.05) is 12.1 Å². The number of aromatic hydroxyl groups is 1. The Morgan fingerprint density at radius 2 is 1.83 bits per heavy atom. The first-order chi connectivity index (χ1) is 10.5. The van der Waals surface area contributed by atoms with E-state index in [0.29, 0.717) is 5.56 Å². The minimum atomic E-state index is -1.16. The van der Waals surface area contributed by atoms with Crippen LogP contribution in [0.4, 0.5) is 0 Å². The number of hydrogen-bond donors (Lipinski definition) is 2. The third-order valence-corrected chi connectivity index (χ3v) is 3.75. The van der Waals surface area contributed by atoms with Crippen LogP contribution in [0.2, 0.25) is 0 Å². The quantitative estimate of drug-likeness (QED) is 0.869. The van der Waals surface area contributed by atoms with Gasteiger partial charge >= 0.3 is 5.97 Å². The van der Waals surface area contributed by atoms with E-state index >= 15 is 0 Å². The summed E-state index contributed by atoms with van der Waals surface area (Å²) in [6.07, 6.45) is 0.959. The van der Waals surface area contributed by atoms with Crippen molar-refractivity contribution in [3.05, 3.63) is 35.5 Å². The lowest BCUT2D eigenvalue weighted by Crippen LogP contribution is -2.24. The maximum atomic E-state index is 10.9. The zero-order chi connectivity index (χ0) is 17.4. The maximum Gasteiger partial charge on any atom is 0.358 e. The van der Waals surface area contributed by atoms with Crippen LogP contribution in [0.5, 0.6) is 5.75 Å². The van der Waals surface area contributed by atoms with E-state index in [2.05, 4.69) is 39.8 Å². The lowest BCUT2D eigenvalue weighted by atomic mass is 9.72. The van der Waals surface area contributed by atoms with E-state index in [0.717, 1.165) is 12.0 Å². The van der Waals surface area contributed by atoms with Crippen molar-refractivity contribution >= 4 is 5.97 Å². The molecular weight excluding hydrogens is 294 g/mol. The third kappa shape index (κ3) is 3.92. The minimum Gasteiger partial charge on any atom is -0.507 e. The topological polar surface area (TPSA) is 83.6 Å². The number of hydrogen-bond acceptors (Lipinski definition) is 4. The fraction of sp³-hybridized carbons (Fsp3) is 0.444. The van der Waals surface area contributed by atoms with Gasteiger partial charge in [-0.25, -0.2) is 4.79 Å². The van der Waals surface area contributed by atoms with Gasteiger partial charge < -0.3 is 14.7 Å². The standard InChI is InChI=1S/C18H23NO4/c1-17(2,3)10-18(4,5)11-6-7-14(20)12(8-11)15-9-13(16(21)22)19-23-15/h6-9,20H,10H2,1-5H3,(H,21,22). The number of aromatic nitrogens is 1. The van der Waals surface area contributed by atoms with Crippen molar-refractivity contribution in [1.82, 2.24) is 5.16 Å². The van der Waals surface area contributed by atoms with Crippen molar-refractivity contribution in [2.24, 2.45) is 5.41 Å². The highest BCUT2D eigenvalue weighted by Gasteiger charge is 2.28. The molecule has 0 radical (unpaired) electrons. The second-order valence-corrected chi connectivity index (χ2v) is 7.73. The Bertz CT molecular complexity index is 723. The van der Waals surface area contributed by atoms with Gasteiger partial charge in [0, 0.05) is 6.07 Å².